The minimum Gasteiger partial charge on any atom is -0.497 e. The van der Waals surface area contributed by atoms with E-state index < -0.39 is 0 Å². The number of fused-ring (bicyclic) bond motifs is 1. The lowest BCUT2D eigenvalue weighted by molar-refractivity contribution is 0.414. The highest BCUT2D eigenvalue weighted by Crippen LogP contribution is 2.33. The van der Waals surface area contributed by atoms with Crippen LogP contribution in [0.2, 0.25) is 0 Å². The van der Waals surface area contributed by atoms with E-state index in [-0.39, 0.29) is 0 Å². The Labute approximate surface area is 222 Å². The van der Waals surface area contributed by atoms with Gasteiger partial charge in [0.05, 0.1) is 19.9 Å². The van der Waals surface area contributed by atoms with Gasteiger partial charge in [0.15, 0.2) is 0 Å². The van der Waals surface area contributed by atoms with Crippen molar-refractivity contribution in [1.29, 1.82) is 0 Å². The van der Waals surface area contributed by atoms with Gasteiger partial charge >= 0.3 is 0 Å². The summed E-state index contributed by atoms with van der Waals surface area (Å²) in [6, 6.07) is 22.3. The molecule has 7 nitrogen and oxygen atoms in total. The molecule has 0 bridgehead atoms. The van der Waals surface area contributed by atoms with E-state index in [1.54, 1.807) is 14.2 Å². The lowest BCUT2D eigenvalue weighted by atomic mass is 10.0. The second kappa shape index (κ2) is 11.2. The second-order valence-electron chi connectivity index (χ2n) is 9.10. The van der Waals surface area contributed by atoms with E-state index >= 15 is 0 Å². The van der Waals surface area contributed by atoms with Crippen LogP contribution in [0.5, 0.6) is 11.5 Å². The third-order valence-corrected chi connectivity index (χ3v) is 6.65. The molecule has 0 fully saturated rings. The molecule has 0 amide bonds. The van der Waals surface area contributed by atoms with E-state index in [2.05, 4.69) is 52.1 Å². The summed E-state index contributed by atoms with van der Waals surface area (Å²) in [6.07, 6.45) is 6.41. The number of hydrogen-bond donors (Lipinski definition) is 1. The molecule has 0 saturated carbocycles. The minimum atomic E-state index is 0.472. The van der Waals surface area contributed by atoms with E-state index in [1.165, 1.54) is 5.56 Å². The summed E-state index contributed by atoms with van der Waals surface area (Å²) in [5, 5.41) is 1.92. The van der Waals surface area contributed by atoms with E-state index in [0.717, 1.165) is 56.9 Å². The molecule has 0 atom stereocenters. The number of pyridine rings is 3. The van der Waals surface area contributed by atoms with E-state index in [1.807, 2.05) is 55.0 Å². The second-order valence-corrected chi connectivity index (χ2v) is 9.10. The van der Waals surface area contributed by atoms with Gasteiger partial charge in [0.2, 0.25) is 0 Å². The van der Waals surface area contributed by atoms with Gasteiger partial charge in [0.1, 0.15) is 23.1 Å². The molecule has 5 aromatic rings. The molecule has 0 saturated heterocycles. The van der Waals surface area contributed by atoms with Gasteiger partial charge in [-0.25, -0.2) is 9.97 Å². The quantitative estimate of drug-likeness (QED) is 0.261. The average molecular weight is 506 g/mol. The fraction of sp³-hybridized carbons (Fsp3) is 0.194. The SMILES string of the molecule is CCc1ccncc1-c1cc2cc(N)ncc2c(N(Cc2ccc(OC)cc2)Cc2ccc(OC)cc2)n1. The Morgan fingerprint density at radius 3 is 2.03 bits per heavy atom. The first-order chi connectivity index (χ1) is 18.6. The van der Waals surface area contributed by atoms with Crippen molar-refractivity contribution in [2.45, 2.75) is 26.4 Å². The Hall–Kier alpha value is -4.65. The fourth-order valence-corrected chi connectivity index (χ4v) is 4.60. The summed E-state index contributed by atoms with van der Waals surface area (Å²) in [5.74, 6) is 2.95. The molecule has 38 heavy (non-hydrogen) atoms. The zero-order valence-electron chi connectivity index (χ0n) is 21.9. The Morgan fingerprint density at radius 1 is 0.816 bits per heavy atom. The van der Waals surface area contributed by atoms with E-state index in [0.29, 0.717) is 18.9 Å². The topological polar surface area (TPSA) is 86.4 Å². The number of rotatable bonds is 9. The molecule has 0 aliphatic rings. The monoisotopic (exact) mass is 505 g/mol. The van der Waals surface area contributed by atoms with Crippen molar-refractivity contribution in [2.75, 3.05) is 24.9 Å². The molecule has 0 unspecified atom stereocenters. The summed E-state index contributed by atoms with van der Waals surface area (Å²) in [7, 11) is 3.35. The van der Waals surface area contributed by atoms with Crippen molar-refractivity contribution >= 4 is 22.4 Å². The molecule has 0 radical (unpaired) electrons. The number of anilines is 2. The van der Waals surface area contributed by atoms with Gasteiger partial charge in [-0.2, -0.15) is 0 Å². The number of nitrogen functional groups attached to an aromatic ring is 1. The van der Waals surface area contributed by atoms with E-state index in [9.17, 15) is 0 Å². The number of nitrogens with zero attached hydrogens (tertiary/aromatic N) is 4. The van der Waals surface area contributed by atoms with Crippen LogP contribution in [-0.2, 0) is 19.5 Å². The zero-order chi connectivity index (χ0) is 26.5. The van der Waals surface area contributed by atoms with Crippen LogP contribution in [0.4, 0.5) is 11.6 Å². The Bertz CT molecular complexity index is 1490. The number of hydrogen-bond acceptors (Lipinski definition) is 7. The molecule has 2 N–H and O–H groups in total. The van der Waals surface area contributed by atoms with Crippen LogP contribution >= 0.6 is 0 Å². The first-order valence-corrected chi connectivity index (χ1v) is 12.6. The normalized spacial score (nSPS) is 10.9. The minimum absolute atomic E-state index is 0.472. The summed E-state index contributed by atoms with van der Waals surface area (Å²) in [6.45, 7) is 3.42. The van der Waals surface area contributed by atoms with Crippen LogP contribution in [0.25, 0.3) is 22.0 Å². The zero-order valence-corrected chi connectivity index (χ0v) is 21.9. The smallest absolute Gasteiger partial charge is 0.139 e. The number of aromatic nitrogens is 3. The number of ether oxygens (including phenoxy) is 2. The first-order valence-electron chi connectivity index (χ1n) is 12.6. The van der Waals surface area contributed by atoms with Crippen molar-refractivity contribution in [2.24, 2.45) is 0 Å². The maximum absolute atomic E-state index is 6.12. The van der Waals surface area contributed by atoms with Crippen LogP contribution in [0, 0.1) is 0 Å². The standard InChI is InChI=1S/C31H31N5O2/c1-4-23-13-14-33-17-27(23)29-15-24-16-30(32)34-18-28(24)31(35-29)36(19-21-5-9-25(37-2)10-6-21)20-22-7-11-26(38-3)12-8-22/h5-18H,4,19-20H2,1-3H3,(H2,32,34). The molecule has 3 heterocycles. The number of nitrogens with two attached hydrogens (primary N) is 1. The number of methoxy groups -OCH3 is 2. The van der Waals surface area contributed by atoms with Crippen LogP contribution in [-0.4, -0.2) is 29.2 Å². The molecule has 5 rings (SSSR count). The summed E-state index contributed by atoms with van der Waals surface area (Å²) < 4.78 is 10.7. The van der Waals surface area contributed by atoms with Gasteiger partial charge in [-0.05, 0) is 71.0 Å². The Kier molecular flexibility index (Phi) is 7.35. The molecule has 0 aliphatic heterocycles. The molecule has 7 heteroatoms. The Morgan fingerprint density at radius 2 is 1.45 bits per heavy atom. The van der Waals surface area contributed by atoms with Crippen molar-refractivity contribution in [3.05, 3.63) is 102 Å². The highest BCUT2D eigenvalue weighted by Gasteiger charge is 2.18. The van der Waals surface area contributed by atoms with Crippen molar-refractivity contribution in [1.82, 2.24) is 15.0 Å². The van der Waals surface area contributed by atoms with Crippen LogP contribution in [0.1, 0.15) is 23.6 Å². The van der Waals surface area contributed by atoms with Crippen LogP contribution < -0.4 is 20.1 Å². The summed E-state index contributed by atoms with van der Waals surface area (Å²) in [5.41, 5.74) is 11.5. The molecule has 0 aliphatic carbocycles. The van der Waals surface area contributed by atoms with Crippen molar-refractivity contribution < 1.29 is 9.47 Å². The predicted molar refractivity (Wildman–Crippen MR) is 152 cm³/mol. The van der Waals surface area contributed by atoms with Crippen LogP contribution in [0.15, 0.2) is 85.3 Å². The van der Waals surface area contributed by atoms with Crippen molar-refractivity contribution in [3.63, 3.8) is 0 Å². The van der Waals surface area contributed by atoms with Gasteiger partial charge < -0.3 is 20.1 Å². The first kappa shape index (κ1) is 25.0. The largest absolute Gasteiger partial charge is 0.497 e. The number of benzene rings is 2. The summed E-state index contributed by atoms with van der Waals surface area (Å²) >= 11 is 0. The maximum atomic E-state index is 6.12. The molecule has 2 aromatic carbocycles. The van der Waals surface area contributed by atoms with E-state index in [4.69, 9.17) is 20.2 Å². The molecular weight excluding hydrogens is 474 g/mol. The van der Waals surface area contributed by atoms with Gasteiger partial charge in [-0.3, -0.25) is 4.98 Å². The highest BCUT2D eigenvalue weighted by molar-refractivity contribution is 5.95. The average Bonchev–Trinajstić information content (AvgIpc) is 2.96. The molecule has 3 aromatic heterocycles. The third kappa shape index (κ3) is 5.37. The van der Waals surface area contributed by atoms with Gasteiger partial charge in [0, 0.05) is 42.6 Å². The third-order valence-electron chi connectivity index (χ3n) is 6.65. The summed E-state index contributed by atoms with van der Waals surface area (Å²) in [4.78, 5) is 16.3. The van der Waals surface area contributed by atoms with Gasteiger partial charge in [0.25, 0.3) is 0 Å². The highest BCUT2D eigenvalue weighted by atomic mass is 16.5. The molecular formula is C31H31N5O2. The molecule has 192 valence electrons. The van der Waals surface area contributed by atoms with Gasteiger partial charge in [-0.15, -0.1) is 0 Å². The Balaban J connectivity index is 1.66. The maximum Gasteiger partial charge on any atom is 0.139 e. The van der Waals surface area contributed by atoms with Crippen LogP contribution in [0.3, 0.4) is 0 Å². The number of aryl methyl sites for hydroxylation is 1. The molecule has 0 spiro atoms. The predicted octanol–water partition coefficient (Wildman–Crippen LogP) is 6.06. The van der Waals surface area contributed by atoms with Crippen molar-refractivity contribution in [3.8, 4) is 22.8 Å². The van der Waals surface area contributed by atoms with Gasteiger partial charge in [-0.1, -0.05) is 31.2 Å². The fourth-order valence-electron chi connectivity index (χ4n) is 4.60. The lowest BCUT2D eigenvalue weighted by Crippen LogP contribution is -2.24. The lowest BCUT2D eigenvalue weighted by Gasteiger charge is -2.26.